The molecule has 1 aliphatic heterocycles. The summed E-state index contributed by atoms with van der Waals surface area (Å²) in [6.45, 7) is 6.63. The van der Waals surface area contributed by atoms with Gasteiger partial charge in [-0.25, -0.2) is 4.79 Å². The van der Waals surface area contributed by atoms with E-state index in [9.17, 15) is 4.79 Å². The standard InChI is InChI=1S/C15H22N2O3S/c1-15(2,3)20-14(18)16-9-4-10-19-13-7-5-12(6-8-13)17-11-21-17/h5-8H,4,9-11H2,1-3H3,(H,16,18). The van der Waals surface area contributed by atoms with Crippen LogP contribution in [0.2, 0.25) is 0 Å². The largest absolute Gasteiger partial charge is 0.494 e. The molecule has 1 fully saturated rings. The van der Waals surface area contributed by atoms with Crippen LogP contribution in [0, 0.1) is 0 Å². The molecule has 1 aliphatic rings. The van der Waals surface area contributed by atoms with Gasteiger partial charge in [0.15, 0.2) is 0 Å². The second-order valence-electron chi connectivity index (χ2n) is 5.76. The zero-order chi connectivity index (χ0) is 15.3. The van der Waals surface area contributed by atoms with Crippen molar-refractivity contribution in [1.82, 2.24) is 5.32 Å². The summed E-state index contributed by atoms with van der Waals surface area (Å²) in [4.78, 5) is 11.4. The third-order valence-electron chi connectivity index (χ3n) is 2.64. The molecule has 1 saturated heterocycles. The SMILES string of the molecule is CC(C)(C)OC(=O)NCCCOc1ccc(N2CS2)cc1. The Morgan fingerprint density at radius 3 is 2.57 bits per heavy atom. The van der Waals surface area contributed by atoms with Gasteiger partial charge < -0.3 is 19.1 Å². The summed E-state index contributed by atoms with van der Waals surface area (Å²) in [7, 11) is 0. The first-order chi connectivity index (χ1) is 9.94. The quantitative estimate of drug-likeness (QED) is 0.496. The molecule has 0 unspecified atom stereocenters. The van der Waals surface area contributed by atoms with Crippen LogP contribution in [0.4, 0.5) is 10.5 Å². The third kappa shape index (κ3) is 6.16. The highest BCUT2D eigenvalue weighted by Gasteiger charge is 2.19. The molecule has 1 N–H and O–H groups in total. The Bertz CT molecular complexity index is 467. The number of carbonyl (C=O) groups is 1. The molecule has 1 amide bonds. The van der Waals surface area contributed by atoms with Gasteiger partial charge in [-0.3, -0.25) is 0 Å². The van der Waals surface area contributed by atoms with Crippen LogP contribution in [0.15, 0.2) is 24.3 Å². The van der Waals surface area contributed by atoms with Gasteiger partial charge in [0.2, 0.25) is 0 Å². The fourth-order valence-corrected chi connectivity index (χ4v) is 2.13. The number of benzene rings is 1. The highest BCUT2D eigenvalue weighted by molar-refractivity contribution is 8.07. The van der Waals surface area contributed by atoms with Crippen molar-refractivity contribution >= 4 is 23.7 Å². The summed E-state index contributed by atoms with van der Waals surface area (Å²) in [6.07, 6.45) is 0.353. The fraction of sp³-hybridized carbons (Fsp3) is 0.533. The lowest BCUT2D eigenvalue weighted by Gasteiger charge is -2.19. The second-order valence-corrected chi connectivity index (χ2v) is 6.72. The third-order valence-corrected chi connectivity index (χ3v) is 3.37. The molecule has 6 heteroatoms. The molecule has 1 heterocycles. The molecule has 116 valence electrons. The van der Waals surface area contributed by atoms with Crippen LogP contribution in [-0.4, -0.2) is 30.7 Å². The van der Waals surface area contributed by atoms with Crippen molar-refractivity contribution in [2.24, 2.45) is 0 Å². The Balaban J connectivity index is 1.58. The van der Waals surface area contributed by atoms with Crippen LogP contribution >= 0.6 is 11.9 Å². The number of hydrogen-bond acceptors (Lipinski definition) is 5. The molecule has 0 radical (unpaired) electrons. The molecule has 0 bridgehead atoms. The molecule has 5 nitrogen and oxygen atoms in total. The number of hydrogen-bond donors (Lipinski definition) is 1. The molecule has 0 aliphatic carbocycles. The zero-order valence-electron chi connectivity index (χ0n) is 12.7. The highest BCUT2D eigenvalue weighted by Crippen LogP contribution is 2.36. The van der Waals surface area contributed by atoms with E-state index in [0.29, 0.717) is 13.2 Å². The van der Waals surface area contributed by atoms with E-state index in [1.54, 1.807) is 11.9 Å². The second kappa shape index (κ2) is 6.93. The van der Waals surface area contributed by atoms with E-state index in [1.807, 2.05) is 45.0 Å². The first-order valence-electron chi connectivity index (χ1n) is 7.04. The van der Waals surface area contributed by atoms with Gasteiger partial charge >= 0.3 is 6.09 Å². The molecule has 1 aromatic carbocycles. The van der Waals surface area contributed by atoms with Gasteiger partial charge in [0, 0.05) is 12.2 Å². The van der Waals surface area contributed by atoms with Gasteiger partial charge in [-0.2, -0.15) is 0 Å². The van der Waals surface area contributed by atoms with Crippen molar-refractivity contribution < 1.29 is 14.3 Å². The van der Waals surface area contributed by atoms with Gasteiger partial charge in [0.25, 0.3) is 0 Å². The molecule has 0 saturated carbocycles. The molecule has 2 rings (SSSR count). The van der Waals surface area contributed by atoms with Gasteiger partial charge in [-0.1, -0.05) is 0 Å². The normalized spacial score (nSPS) is 13.8. The maximum absolute atomic E-state index is 11.4. The van der Waals surface area contributed by atoms with Gasteiger partial charge in [0.1, 0.15) is 11.4 Å². The van der Waals surface area contributed by atoms with Crippen molar-refractivity contribution in [2.75, 3.05) is 23.3 Å². The molecule has 0 spiro atoms. The van der Waals surface area contributed by atoms with E-state index < -0.39 is 5.60 Å². The summed E-state index contributed by atoms with van der Waals surface area (Å²) in [5, 5.41) is 2.71. The number of nitrogens with zero attached hydrogens (tertiary/aromatic N) is 1. The van der Waals surface area contributed by atoms with E-state index in [-0.39, 0.29) is 6.09 Å². The minimum Gasteiger partial charge on any atom is -0.494 e. The number of rotatable bonds is 6. The minimum absolute atomic E-state index is 0.386. The smallest absolute Gasteiger partial charge is 0.407 e. The Kier molecular flexibility index (Phi) is 5.22. The first-order valence-corrected chi connectivity index (χ1v) is 7.98. The van der Waals surface area contributed by atoms with Crippen LogP contribution in [0.1, 0.15) is 27.2 Å². The van der Waals surface area contributed by atoms with Crippen molar-refractivity contribution in [3.63, 3.8) is 0 Å². The lowest BCUT2D eigenvalue weighted by atomic mass is 10.2. The van der Waals surface area contributed by atoms with E-state index in [1.165, 1.54) is 5.69 Å². The number of nitrogens with one attached hydrogen (secondary N) is 1. The lowest BCUT2D eigenvalue weighted by molar-refractivity contribution is 0.0525. The highest BCUT2D eigenvalue weighted by atomic mass is 32.2. The summed E-state index contributed by atoms with van der Waals surface area (Å²) in [6, 6.07) is 8.04. The van der Waals surface area contributed by atoms with Crippen LogP contribution < -0.4 is 14.4 Å². The predicted octanol–water partition coefficient (Wildman–Crippen LogP) is 3.41. The van der Waals surface area contributed by atoms with Gasteiger partial charge in [0.05, 0.1) is 12.5 Å². The molecular formula is C15H22N2O3S. The van der Waals surface area contributed by atoms with E-state index in [0.717, 1.165) is 18.0 Å². The molecule has 0 atom stereocenters. The van der Waals surface area contributed by atoms with Crippen LogP contribution in [-0.2, 0) is 4.74 Å². The zero-order valence-corrected chi connectivity index (χ0v) is 13.5. The summed E-state index contributed by atoms with van der Waals surface area (Å²) in [5.41, 5.74) is 0.747. The summed E-state index contributed by atoms with van der Waals surface area (Å²) >= 11 is 1.80. The molecular weight excluding hydrogens is 288 g/mol. The van der Waals surface area contributed by atoms with E-state index in [2.05, 4.69) is 9.62 Å². The average Bonchev–Trinajstić information content (AvgIpc) is 3.21. The number of carbonyl (C=O) groups excluding carboxylic acids is 1. The van der Waals surface area contributed by atoms with Gasteiger partial charge in [-0.05, 0) is 63.4 Å². The fourth-order valence-electron chi connectivity index (χ4n) is 1.65. The van der Waals surface area contributed by atoms with Crippen LogP contribution in [0.3, 0.4) is 0 Å². The Labute approximate surface area is 130 Å². The molecule has 21 heavy (non-hydrogen) atoms. The van der Waals surface area contributed by atoms with Crippen LogP contribution in [0.5, 0.6) is 5.75 Å². The minimum atomic E-state index is -0.460. The number of ether oxygens (including phenoxy) is 2. The summed E-state index contributed by atoms with van der Waals surface area (Å²) < 4.78 is 13.0. The molecule has 0 aromatic heterocycles. The lowest BCUT2D eigenvalue weighted by Crippen LogP contribution is -2.33. The van der Waals surface area contributed by atoms with Crippen molar-refractivity contribution in [3.05, 3.63) is 24.3 Å². The van der Waals surface area contributed by atoms with Crippen LogP contribution in [0.25, 0.3) is 0 Å². The number of alkyl carbamates (subject to hydrolysis) is 1. The maximum atomic E-state index is 11.4. The van der Waals surface area contributed by atoms with Gasteiger partial charge in [-0.15, -0.1) is 0 Å². The van der Waals surface area contributed by atoms with Crippen molar-refractivity contribution in [2.45, 2.75) is 32.8 Å². The number of anilines is 1. The maximum Gasteiger partial charge on any atom is 0.407 e. The Morgan fingerprint density at radius 2 is 2.00 bits per heavy atom. The monoisotopic (exact) mass is 310 g/mol. The predicted molar refractivity (Wildman–Crippen MR) is 85.7 cm³/mol. The first kappa shape index (κ1) is 15.8. The Hall–Kier alpha value is -1.56. The molecule has 1 aromatic rings. The Morgan fingerprint density at radius 1 is 1.33 bits per heavy atom. The van der Waals surface area contributed by atoms with E-state index in [4.69, 9.17) is 9.47 Å². The van der Waals surface area contributed by atoms with E-state index >= 15 is 0 Å². The number of amides is 1. The topological polar surface area (TPSA) is 50.6 Å². The van der Waals surface area contributed by atoms with Crippen molar-refractivity contribution in [3.8, 4) is 5.75 Å². The average molecular weight is 310 g/mol. The summed E-state index contributed by atoms with van der Waals surface area (Å²) in [5.74, 6) is 1.92. The van der Waals surface area contributed by atoms with Crippen molar-refractivity contribution in [1.29, 1.82) is 0 Å².